The number of benzene rings is 4. The van der Waals surface area contributed by atoms with Crippen molar-refractivity contribution in [3.63, 3.8) is 0 Å². The molecule has 0 aliphatic carbocycles. The van der Waals surface area contributed by atoms with Crippen LogP contribution < -0.4 is 19.5 Å². The number of ether oxygens (including phenoxy) is 3. The molecule has 0 fully saturated rings. The van der Waals surface area contributed by atoms with Gasteiger partial charge in [-0.2, -0.15) is 0 Å². The van der Waals surface area contributed by atoms with Gasteiger partial charge >= 0.3 is 0 Å². The minimum Gasteiger partial charge on any atom is -0.489 e. The van der Waals surface area contributed by atoms with Crippen molar-refractivity contribution in [2.45, 2.75) is 13.2 Å². The van der Waals surface area contributed by atoms with Crippen LogP contribution in [0.5, 0.6) is 17.2 Å². The van der Waals surface area contributed by atoms with E-state index in [2.05, 4.69) is 23.5 Å². The zero-order valence-corrected chi connectivity index (χ0v) is 16.2. The number of hydrogen-bond acceptors (Lipinski definition) is 4. The second-order valence-corrected chi connectivity index (χ2v) is 7.10. The summed E-state index contributed by atoms with van der Waals surface area (Å²) in [5.74, 6) is 2.05. The van der Waals surface area contributed by atoms with E-state index in [0.29, 0.717) is 13.2 Å². The maximum absolute atomic E-state index is 13.2. The number of fused-ring (bicyclic) bond motifs is 2. The van der Waals surface area contributed by atoms with Gasteiger partial charge in [0.25, 0.3) is 0 Å². The van der Waals surface area contributed by atoms with Gasteiger partial charge in [-0.05, 0) is 46.7 Å². The van der Waals surface area contributed by atoms with Crippen molar-refractivity contribution >= 4 is 16.5 Å². The quantitative estimate of drug-likeness (QED) is 0.437. The van der Waals surface area contributed by atoms with E-state index in [1.807, 2.05) is 36.4 Å². The summed E-state index contributed by atoms with van der Waals surface area (Å²) in [4.78, 5) is 0. The van der Waals surface area contributed by atoms with Gasteiger partial charge in [0, 0.05) is 23.9 Å². The van der Waals surface area contributed by atoms with Crippen LogP contribution in [0.2, 0.25) is 0 Å². The number of rotatable bonds is 6. The van der Waals surface area contributed by atoms with Crippen LogP contribution in [-0.4, -0.2) is 6.79 Å². The van der Waals surface area contributed by atoms with E-state index in [4.69, 9.17) is 14.2 Å². The SMILES string of the molecule is Fc1ccc(COc2ccc3ccccc3c2CNc2ccc3c(c2)OCO3)cc1. The fourth-order valence-corrected chi connectivity index (χ4v) is 3.57. The number of hydrogen-bond donors (Lipinski definition) is 1. The predicted octanol–water partition coefficient (Wildman–Crippen LogP) is 5.90. The van der Waals surface area contributed by atoms with Crippen LogP contribution in [-0.2, 0) is 13.2 Å². The lowest BCUT2D eigenvalue weighted by atomic mass is 10.0. The summed E-state index contributed by atoms with van der Waals surface area (Å²) in [5, 5.41) is 5.74. The number of nitrogens with one attached hydrogen (secondary N) is 1. The first-order valence-corrected chi connectivity index (χ1v) is 9.78. The van der Waals surface area contributed by atoms with Crippen molar-refractivity contribution < 1.29 is 18.6 Å². The van der Waals surface area contributed by atoms with Gasteiger partial charge in [-0.1, -0.05) is 42.5 Å². The molecule has 1 aliphatic heterocycles. The van der Waals surface area contributed by atoms with Gasteiger partial charge in [-0.15, -0.1) is 0 Å². The highest BCUT2D eigenvalue weighted by Crippen LogP contribution is 2.35. The van der Waals surface area contributed by atoms with E-state index >= 15 is 0 Å². The molecule has 0 aromatic heterocycles. The van der Waals surface area contributed by atoms with Crippen LogP contribution >= 0.6 is 0 Å². The topological polar surface area (TPSA) is 39.7 Å². The average Bonchev–Trinajstić information content (AvgIpc) is 3.25. The van der Waals surface area contributed by atoms with Crippen molar-refractivity contribution in [3.05, 3.63) is 95.8 Å². The molecule has 1 aliphatic rings. The van der Waals surface area contributed by atoms with Gasteiger partial charge in [0.1, 0.15) is 18.2 Å². The summed E-state index contributed by atoms with van der Waals surface area (Å²) in [6.45, 7) is 1.21. The van der Waals surface area contributed by atoms with Crippen LogP contribution in [0.1, 0.15) is 11.1 Å². The number of anilines is 1. The van der Waals surface area contributed by atoms with Crippen molar-refractivity contribution in [1.29, 1.82) is 0 Å². The molecule has 0 amide bonds. The molecule has 4 aromatic rings. The first-order valence-electron chi connectivity index (χ1n) is 9.78. The fourth-order valence-electron chi connectivity index (χ4n) is 3.57. The van der Waals surface area contributed by atoms with Crippen LogP contribution in [0.3, 0.4) is 0 Å². The van der Waals surface area contributed by atoms with Crippen LogP contribution in [0.25, 0.3) is 10.8 Å². The Bertz CT molecular complexity index is 1190. The molecule has 0 spiro atoms. The Labute approximate surface area is 173 Å². The number of halogens is 1. The second kappa shape index (κ2) is 7.95. The standard InChI is InChI=1S/C25H20FNO3/c26-19-8-5-17(6-9-19)15-28-23-11-7-18-3-1-2-4-21(18)22(23)14-27-20-10-12-24-25(13-20)30-16-29-24/h1-13,27H,14-16H2. The van der Waals surface area contributed by atoms with E-state index in [0.717, 1.165) is 44.8 Å². The molecule has 0 saturated heterocycles. The molecular formula is C25H20FNO3. The molecule has 0 atom stereocenters. The Morgan fingerprint density at radius 1 is 0.867 bits per heavy atom. The minimum absolute atomic E-state index is 0.252. The molecule has 5 heteroatoms. The van der Waals surface area contributed by atoms with Crippen molar-refractivity contribution in [3.8, 4) is 17.2 Å². The van der Waals surface area contributed by atoms with Crippen molar-refractivity contribution in [1.82, 2.24) is 0 Å². The predicted molar refractivity (Wildman–Crippen MR) is 115 cm³/mol. The van der Waals surface area contributed by atoms with Gasteiger partial charge in [0.05, 0.1) is 0 Å². The van der Waals surface area contributed by atoms with E-state index in [1.54, 1.807) is 12.1 Å². The zero-order chi connectivity index (χ0) is 20.3. The lowest BCUT2D eigenvalue weighted by molar-refractivity contribution is 0.174. The fraction of sp³-hybridized carbons (Fsp3) is 0.120. The summed E-state index contributed by atoms with van der Waals surface area (Å²) in [7, 11) is 0. The van der Waals surface area contributed by atoms with Crippen LogP contribution in [0.15, 0.2) is 78.9 Å². The first kappa shape index (κ1) is 18.3. The van der Waals surface area contributed by atoms with E-state index < -0.39 is 0 Å². The molecule has 1 heterocycles. The Morgan fingerprint density at radius 3 is 2.60 bits per heavy atom. The summed E-state index contributed by atoms with van der Waals surface area (Å²) in [5.41, 5.74) is 2.92. The Hall–Kier alpha value is -3.73. The maximum atomic E-state index is 13.2. The first-order chi connectivity index (χ1) is 14.8. The summed E-state index contributed by atoms with van der Waals surface area (Å²) in [6.07, 6.45) is 0. The molecule has 0 radical (unpaired) electrons. The van der Waals surface area contributed by atoms with E-state index in [-0.39, 0.29) is 12.6 Å². The highest BCUT2D eigenvalue weighted by molar-refractivity contribution is 5.88. The van der Waals surface area contributed by atoms with Gasteiger partial charge < -0.3 is 19.5 Å². The molecule has 1 N–H and O–H groups in total. The van der Waals surface area contributed by atoms with Gasteiger partial charge in [-0.25, -0.2) is 4.39 Å². The normalized spacial score (nSPS) is 12.2. The van der Waals surface area contributed by atoms with Gasteiger partial charge in [0.2, 0.25) is 6.79 Å². The average molecular weight is 401 g/mol. The van der Waals surface area contributed by atoms with Crippen LogP contribution in [0.4, 0.5) is 10.1 Å². The summed E-state index contributed by atoms with van der Waals surface area (Å²) >= 11 is 0. The second-order valence-electron chi connectivity index (χ2n) is 7.10. The smallest absolute Gasteiger partial charge is 0.231 e. The molecule has 4 nitrogen and oxygen atoms in total. The molecule has 0 saturated carbocycles. The third-order valence-electron chi connectivity index (χ3n) is 5.15. The maximum Gasteiger partial charge on any atom is 0.231 e. The van der Waals surface area contributed by atoms with E-state index in [9.17, 15) is 4.39 Å². The molecule has 5 rings (SSSR count). The lowest BCUT2D eigenvalue weighted by Crippen LogP contribution is -2.05. The lowest BCUT2D eigenvalue weighted by Gasteiger charge is -2.16. The third kappa shape index (κ3) is 3.74. The summed E-state index contributed by atoms with van der Waals surface area (Å²) < 4.78 is 30.1. The molecular weight excluding hydrogens is 381 g/mol. The zero-order valence-electron chi connectivity index (χ0n) is 16.2. The largest absolute Gasteiger partial charge is 0.489 e. The molecule has 0 bridgehead atoms. The highest BCUT2D eigenvalue weighted by Gasteiger charge is 2.14. The molecule has 4 aromatic carbocycles. The Morgan fingerprint density at radius 2 is 1.70 bits per heavy atom. The molecule has 150 valence electrons. The minimum atomic E-state index is -0.252. The van der Waals surface area contributed by atoms with Gasteiger partial charge in [0.15, 0.2) is 11.5 Å². The van der Waals surface area contributed by atoms with Crippen molar-refractivity contribution in [2.24, 2.45) is 0 Å². The monoisotopic (exact) mass is 401 g/mol. The van der Waals surface area contributed by atoms with E-state index in [1.165, 1.54) is 12.1 Å². The highest BCUT2D eigenvalue weighted by atomic mass is 19.1. The molecule has 30 heavy (non-hydrogen) atoms. The Balaban J connectivity index is 1.41. The third-order valence-corrected chi connectivity index (χ3v) is 5.15. The molecule has 0 unspecified atom stereocenters. The summed E-state index contributed by atoms with van der Waals surface area (Å²) in [6, 6.07) is 24.4. The van der Waals surface area contributed by atoms with Crippen molar-refractivity contribution in [2.75, 3.05) is 12.1 Å². The van der Waals surface area contributed by atoms with Gasteiger partial charge in [-0.3, -0.25) is 0 Å². The van der Waals surface area contributed by atoms with Crippen LogP contribution in [0, 0.1) is 5.82 Å². The Kier molecular flexibility index (Phi) is 4.85.